The zero-order chi connectivity index (χ0) is 20.9. The molecule has 4 aromatic rings. The van der Waals surface area contributed by atoms with Crippen molar-refractivity contribution in [3.63, 3.8) is 0 Å². The molecule has 0 saturated heterocycles. The molecule has 0 unspecified atom stereocenters. The highest BCUT2D eigenvalue weighted by molar-refractivity contribution is 5.76. The van der Waals surface area contributed by atoms with Crippen LogP contribution in [0.5, 0.6) is 0 Å². The third kappa shape index (κ3) is 4.05. The first-order valence-electron chi connectivity index (χ1n) is 10.0. The number of fused-ring (bicyclic) bond motifs is 1. The molecular weight excluding hydrogens is 382 g/mol. The summed E-state index contributed by atoms with van der Waals surface area (Å²) in [6.45, 7) is 2.97. The fraction of sp³-hybridized carbons (Fsp3) is 0.261. The van der Waals surface area contributed by atoms with Gasteiger partial charge in [0.15, 0.2) is 5.76 Å². The lowest BCUT2D eigenvalue weighted by atomic mass is 10.2. The van der Waals surface area contributed by atoms with Gasteiger partial charge < -0.3 is 9.26 Å². The highest BCUT2D eigenvalue weighted by Crippen LogP contribution is 2.20. The molecule has 7 nitrogen and oxygen atoms in total. The molecule has 0 saturated carbocycles. The van der Waals surface area contributed by atoms with Gasteiger partial charge in [-0.05, 0) is 18.6 Å². The maximum atomic E-state index is 12.8. The van der Waals surface area contributed by atoms with Crippen molar-refractivity contribution in [2.24, 2.45) is 0 Å². The van der Waals surface area contributed by atoms with E-state index in [4.69, 9.17) is 9.26 Å². The summed E-state index contributed by atoms with van der Waals surface area (Å²) in [5.74, 6) is 0.232. The summed E-state index contributed by atoms with van der Waals surface area (Å²) >= 11 is 0. The lowest BCUT2D eigenvalue weighted by Gasteiger charge is -2.04. The average molecular weight is 405 g/mol. The highest BCUT2D eigenvalue weighted by Gasteiger charge is 2.14. The monoisotopic (exact) mass is 405 g/mol. The number of hydrogen-bond donors (Lipinski definition) is 0. The van der Waals surface area contributed by atoms with E-state index in [0.29, 0.717) is 18.0 Å². The molecular formula is C23H23N3O4. The van der Waals surface area contributed by atoms with Crippen LogP contribution in [0.25, 0.3) is 22.4 Å². The molecule has 0 aliphatic carbocycles. The van der Waals surface area contributed by atoms with Crippen LogP contribution < -0.4 is 5.69 Å². The van der Waals surface area contributed by atoms with Gasteiger partial charge in [0.1, 0.15) is 12.3 Å². The largest absolute Gasteiger partial charge is 0.459 e. The van der Waals surface area contributed by atoms with Crippen molar-refractivity contribution in [2.45, 2.75) is 39.5 Å². The van der Waals surface area contributed by atoms with Crippen molar-refractivity contribution in [3.05, 3.63) is 76.8 Å². The summed E-state index contributed by atoms with van der Waals surface area (Å²) in [6.07, 6.45) is 0.960. The van der Waals surface area contributed by atoms with Crippen molar-refractivity contribution < 1.29 is 14.1 Å². The van der Waals surface area contributed by atoms with Crippen LogP contribution in [0.3, 0.4) is 0 Å². The zero-order valence-electron chi connectivity index (χ0n) is 16.8. The Morgan fingerprint density at radius 3 is 2.37 bits per heavy atom. The van der Waals surface area contributed by atoms with Crippen molar-refractivity contribution in [1.29, 1.82) is 0 Å². The average Bonchev–Trinajstić information content (AvgIpc) is 3.35. The van der Waals surface area contributed by atoms with Gasteiger partial charge in [0.05, 0.1) is 17.5 Å². The zero-order valence-corrected chi connectivity index (χ0v) is 16.8. The number of aryl methyl sites for hydroxylation is 2. The minimum atomic E-state index is -0.390. The normalized spacial score (nSPS) is 11.1. The van der Waals surface area contributed by atoms with Gasteiger partial charge in [-0.15, -0.1) is 0 Å². The Balaban J connectivity index is 1.39. The van der Waals surface area contributed by atoms with Crippen LogP contribution in [0.15, 0.2) is 70.0 Å². The smallest absolute Gasteiger partial charge is 0.329 e. The van der Waals surface area contributed by atoms with E-state index in [2.05, 4.69) is 5.16 Å². The lowest BCUT2D eigenvalue weighted by Crippen LogP contribution is -2.25. The number of rotatable bonds is 8. The van der Waals surface area contributed by atoms with Crippen molar-refractivity contribution in [1.82, 2.24) is 14.3 Å². The maximum absolute atomic E-state index is 12.8. The molecule has 2 aromatic heterocycles. The number of nitrogens with zero attached hydrogens (tertiary/aromatic N) is 3. The Morgan fingerprint density at radius 1 is 1.00 bits per heavy atom. The van der Waals surface area contributed by atoms with Gasteiger partial charge >= 0.3 is 11.7 Å². The van der Waals surface area contributed by atoms with E-state index in [9.17, 15) is 9.59 Å². The van der Waals surface area contributed by atoms with Crippen molar-refractivity contribution >= 4 is 17.0 Å². The minimum Gasteiger partial charge on any atom is -0.459 e. The summed E-state index contributed by atoms with van der Waals surface area (Å²) in [5, 5.41) is 3.95. The molecule has 2 aromatic carbocycles. The number of imidazole rings is 1. The summed E-state index contributed by atoms with van der Waals surface area (Å²) < 4.78 is 14.0. The van der Waals surface area contributed by atoms with Crippen LogP contribution in [0.2, 0.25) is 0 Å². The molecule has 0 aliphatic rings. The number of esters is 1. The van der Waals surface area contributed by atoms with Crippen molar-refractivity contribution in [2.75, 3.05) is 0 Å². The van der Waals surface area contributed by atoms with Gasteiger partial charge in [-0.25, -0.2) is 4.79 Å². The van der Waals surface area contributed by atoms with Crippen LogP contribution in [0.1, 0.15) is 25.5 Å². The summed E-state index contributed by atoms with van der Waals surface area (Å²) in [6, 6.07) is 19.0. The van der Waals surface area contributed by atoms with Crippen molar-refractivity contribution in [3.8, 4) is 11.3 Å². The van der Waals surface area contributed by atoms with E-state index >= 15 is 0 Å². The number of hydrogen-bond acceptors (Lipinski definition) is 5. The molecule has 4 rings (SSSR count). The molecule has 7 heteroatoms. The first-order chi connectivity index (χ1) is 14.7. The Morgan fingerprint density at radius 2 is 1.67 bits per heavy atom. The quantitative estimate of drug-likeness (QED) is 0.414. The molecule has 0 bridgehead atoms. The maximum Gasteiger partial charge on any atom is 0.329 e. The SMILES string of the molecule is CCCn1c(=O)n(CCC(=O)OCc2cc(-c3ccccc3)on2)c2ccccc21. The lowest BCUT2D eigenvalue weighted by molar-refractivity contribution is -0.145. The fourth-order valence-corrected chi connectivity index (χ4v) is 3.48. The molecule has 2 heterocycles. The first-order valence-corrected chi connectivity index (χ1v) is 10.0. The molecule has 154 valence electrons. The summed E-state index contributed by atoms with van der Waals surface area (Å²) in [4.78, 5) is 25.0. The second kappa shape index (κ2) is 8.82. The molecule has 0 atom stereocenters. The van der Waals surface area contributed by atoms with E-state index in [1.807, 2.05) is 61.5 Å². The van der Waals surface area contributed by atoms with Crippen LogP contribution in [-0.4, -0.2) is 20.3 Å². The predicted molar refractivity (Wildman–Crippen MR) is 113 cm³/mol. The van der Waals surface area contributed by atoms with Gasteiger partial charge in [0.25, 0.3) is 0 Å². The number of para-hydroxylation sites is 2. The third-order valence-corrected chi connectivity index (χ3v) is 4.91. The molecule has 0 spiro atoms. The Labute approximate surface area is 173 Å². The van der Waals surface area contributed by atoms with Crippen LogP contribution in [-0.2, 0) is 29.2 Å². The van der Waals surface area contributed by atoms with E-state index in [-0.39, 0.29) is 25.3 Å². The number of ether oxygens (including phenoxy) is 1. The predicted octanol–water partition coefficient (Wildman–Crippen LogP) is 4.00. The van der Waals surface area contributed by atoms with E-state index in [0.717, 1.165) is 23.0 Å². The molecule has 0 aliphatic heterocycles. The van der Waals surface area contributed by atoms with Gasteiger partial charge in [-0.3, -0.25) is 13.9 Å². The molecule has 0 N–H and O–H groups in total. The minimum absolute atomic E-state index is 0.0294. The molecule has 0 fully saturated rings. The number of aromatic nitrogens is 3. The van der Waals surface area contributed by atoms with E-state index in [1.165, 1.54) is 0 Å². The summed E-state index contributed by atoms with van der Waals surface area (Å²) in [7, 11) is 0. The number of carbonyl (C=O) groups is 1. The number of benzene rings is 2. The summed E-state index contributed by atoms with van der Waals surface area (Å²) in [5.41, 5.74) is 3.06. The molecule has 30 heavy (non-hydrogen) atoms. The Hall–Kier alpha value is -3.61. The van der Waals surface area contributed by atoms with E-state index in [1.54, 1.807) is 15.2 Å². The number of carbonyl (C=O) groups excluding carboxylic acids is 1. The van der Waals surface area contributed by atoms with Gasteiger partial charge in [0.2, 0.25) is 0 Å². The topological polar surface area (TPSA) is 79.3 Å². The standard InChI is InChI=1S/C23H23N3O4/c1-2-13-25-19-10-6-7-11-20(19)26(23(25)28)14-12-22(27)29-16-18-15-21(30-24-18)17-8-4-3-5-9-17/h3-11,15H,2,12-14,16H2,1H3. The second-order valence-corrected chi connectivity index (χ2v) is 7.03. The van der Waals surface area contributed by atoms with Crippen LogP contribution >= 0.6 is 0 Å². The Bertz CT molecular complexity index is 1200. The van der Waals surface area contributed by atoms with Gasteiger partial charge in [0, 0.05) is 24.7 Å². The third-order valence-electron chi connectivity index (χ3n) is 4.91. The molecule has 0 radical (unpaired) electrons. The second-order valence-electron chi connectivity index (χ2n) is 7.03. The van der Waals surface area contributed by atoms with Gasteiger partial charge in [-0.2, -0.15) is 0 Å². The van der Waals surface area contributed by atoms with Crippen LogP contribution in [0.4, 0.5) is 0 Å². The molecule has 0 amide bonds. The first kappa shape index (κ1) is 19.7. The van der Waals surface area contributed by atoms with E-state index < -0.39 is 5.97 Å². The Kier molecular flexibility index (Phi) is 5.79. The fourth-order valence-electron chi connectivity index (χ4n) is 3.48. The van der Waals surface area contributed by atoms with Gasteiger partial charge in [-0.1, -0.05) is 54.5 Å². The highest BCUT2D eigenvalue weighted by atomic mass is 16.5. The van der Waals surface area contributed by atoms with Crippen LogP contribution in [0, 0.1) is 0 Å².